The van der Waals surface area contributed by atoms with E-state index in [1.165, 1.54) is 4.91 Å². The number of nitrogens with two attached hydrogens (primary N) is 1. The zero-order chi connectivity index (χ0) is 10.6. The maximum atomic E-state index is 5.85. The second-order valence-electron chi connectivity index (χ2n) is 3.01. The van der Waals surface area contributed by atoms with Crippen LogP contribution in [-0.2, 0) is 0 Å². The largest absolute Gasteiger partial charge is 0.398 e. The molecule has 0 saturated heterocycles. The van der Waals surface area contributed by atoms with E-state index in [1.54, 1.807) is 11.8 Å². The van der Waals surface area contributed by atoms with Crippen LogP contribution in [0.5, 0.6) is 0 Å². The van der Waals surface area contributed by atoms with E-state index in [1.807, 2.05) is 31.2 Å². The number of benzene rings is 1. The molecule has 0 spiro atoms. The van der Waals surface area contributed by atoms with Crippen LogP contribution >= 0.6 is 24.4 Å². The van der Waals surface area contributed by atoms with Crippen molar-refractivity contribution < 1.29 is 0 Å². The number of hydrogen-bond donors (Lipinski definition) is 2. The molecular weight excluding hydrogens is 210 g/mol. The average molecular weight is 225 g/mol. The van der Waals surface area contributed by atoms with Crippen LogP contribution in [0.1, 0.15) is 13.8 Å². The molecule has 0 radical (unpaired) electrons. The van der Waals surface area contributed by atoms with Gasteiger partial charge >= 0.3 is 0 Å². The molecule has 0 aromatic heterocycles. The molecule has 0 bridgehead atoms. The van der Waals surface area contributed by atoms with Gasteiger partial charge in [-0.15, -0.1) is 0 Å². The Bertz CT molecular complexity index is 332. The molecule has 0 aliphatic rings. The Balaban J connectivity index is 2.83. The fourth-order valence-electron chi connectivity index (χ4n) is 1.09. The second kappa shape index (κ2) is 5.37. The van der Waals surface area contributed by atoms with Gasteiger partial charge in [-0.25, -0.2) is 0 Å². The first kappa shape index (κ1) is 11.5. The smallest absolute Gasteiger partial charge is 0.0455 e. The van der Waals surface area contributed by atoms with E-state index >= 15 is 0 Å². The Morgan fingerprint density at radius 1 is 1.50 bits per heavy atom. The molecule has 0 amide bonds. The van der Waals surface area contributed by atoms with Crippen LogP contribution in [0.4, 0.5) is 5.69 Å². The summed E-state index contributed by atoms with van der Waals surface area (Å²) < 4.78 is 0. The molecule has 0 saturated carbocycles. The molecule has 1 rings (SSSR count). The molecule has 1 nitrogen and oxygen atoms in total. The minimum absolute atomic E-state index is 0.254. The van der Waals surface area contributed by atoms with E-state index in [0.29, 0.717) is 0 Å². The van der Waals surface area contributed by atoms with E-state index < -0.39 is 0 Å². The van der Waals surface area contributed by atoms with Crippen molar-refractivity contribution in [3.63, 3.8) is 0 Å². The van der Waals surface area contributed by atoms with Crippen LogP contribution in [0.15, 0.2) is 40.1 Å². The van der Waals surface area contributed by atoms with Crippen LogP contribution in [0.3, 0.4) is 0 Å². The Morgan fingerprint density at radius 2 is 2.14 bits per heavy atom. The van der Waals surface area contributed by atoms with Crippen molar-refractivity contribution in [3.05, 3.63) is 35.2 Å². The van der Waals surface area contributed by atoms with E-state index in [-0.39, 0.29) is 5.25 Å². The molecule has 14 heavy (non-hydrogen) atoms. The predicted octanol–water partition coefficient (Wildman–Crippen LogP) is 3.58. The van der Waals surface area contributed by atoms with Gasteiger partial charge in [-0.3, -0.25) is 0 Å². The Hall–Kier alpha value is -0.540. The average Bonchev–Trinajstić information content (AvgIpc) is 2.16. The molecule has 1 aromatic carbocycles. The summed E-state index contributed by atoms with van der Waals surface area (Å²) in [6.07, 6.45) is 2.08. The fourth-order valence-corrected chi connectivity index (χ4v) is 2.27. The molecular formula is C11H15NS2. The Labute approximate surface area is 95.2 Å². The third-order valence-electron chi connectivity index (χ3n) is 1.84. The number of hydrogen-bond acceptors (Lipinski definition) is 3. The van der Waals surface area contributed by atoms with Crippen molar-refractivity contribution in [3.8, 4) is 0 Å². The van der Waals surface area contributed by atoms with Crippen LogP contribution in [0, 0.1) is 0 Å². The zero-order valence-electron chi connectivity index (χ0n) is 8.40. The van der Waals surface area contributed by atoms with Gasteiger partial charge in [0.05, 0.1) is 0 Å². The lowest BCUT2D eigenvalue weighted by molar-refractivity contribution is 1.22. The van der Waals surface area contributed by atoms with Gasteiger partial charge in [0.2, 0.25) is 0 Å². The van der Waals surface area contributed by atoms with Crippen LogP contribution < -0.4 is 5.73 Å². The molecule has 3 heteroatoms. The molecule has 2 N–H and O–H groups in total. The monoisotopic (exact) mass is 225 g/mol. The number of nitrogen functional groups attached to an aromatic ring is 1. The number of rotatable bonds is 3. The van der Waals surface area contributed by atoms with E-state index in [4.69, 9.17) is 5.73 Å². The maximum absolute atomic E-state index is 5.85. The summed E-state index contributed by atoms with van der Waals surface area (Å²) in [6.45, 7) is 4.08. The van der Waals surface area contributed by atoms with Crippen molar-refractivity contribution in [1.29, 1.82) is 0 Å². The Kier molecular flexibility index (Phi) is 4.42. The fraction of sp³-hybridized carbons (Fsp3) is 0.273. The highest BCUT2D eigenvalue weighted by Gasteiger charge is 2.06. The predicted molar refractivity (Wildman–Crippen MR) is 68.9 cm³/mol. The highest BCUT2D eigenvalue weighted by Crippen LogP contribution is 2.34. The molecule has 0 fully saturated rings. The van der Waals surface area contributed by atoms with Gasteiger partial charge in [0.1, 0.15) is 0 Å². The first-order valence-electron chi connectivity index (χ1n) is 4.51. The van der Waals surface area contributed by atoms with Gasteiger partial charge in [0.25, 0.3) is 0 Å². The number of thioether (sulfide) groups is 1. The third-order valence-corrected chi connectivity index (χ3v) is 3.71. The number of para-hydroxylation sites is 1. The second-order valence-corrected chi connectivity index (χ2v) is 4.90. The van der Waals surface area contributed by atoms with E-state index in [2.05, 4.69) is 25.6 Å². The summed E-state index contributed by atoms with van der Waals surface area (Å²) in [4.78, 5) is 2.33. The number of allylic oxidation sites excluding steroid dienone is 1. The van der Waals surface area contributed by atoms with Crippen molar-refractivity contribution >= 4 is 30.1 Å². The first-order valence-corrected chi connectivity index (χ1v) is 5.85. The lowest BCUT2D eigenvalue weighted by Gasteiger charge is -2.10. The molecule has 0 heterocycles. The molecule has 0 aliphatic heterocycles. The van der Waals surface area contributed by atoms with Crippen molar-refractivity contribution in [2.75, 3.05) is 5.73 Å². The normalized spacial score (nSPS) is 14.1. The van der Waals surface area contributed by atoms with Gasteiger partial charge in [-0.1, -0.05) is 30.0 Å². The standard InChI is InChI=1S/C11H15NS2/c1-3-10(8(2)13)14-11-7-5-4-6-9(11)12/h3-8,13H,12H2,1-2H3/b10-3-. The van der Waals surface area contributed by atoms with Crippen molar-refractivity contribution in [2.45, 2.75) is 24.0 Å². The lowest BCUT2D eigenvalue weighted by atomic mass is 10.3. The van der Waals surface area contributed by atoms with Gasteiger partial charge in [-0.05, 0) is 30.9 Å². The minimum Gasteiger partial charge on any atom is -0.398 e. The Morgan fingerprint density at radius 3 is 2.64 bits per heavy atom. The van der Waals surface area contributed by atoms with Crippen molar-refractivity contribution in [1.82, 2.24) is 0 Å². The van der Waals surface area contributed by atoms with Gasteiger partial charge in [-0.2, -0.15) is 12.6 Å². The first-order chi connectivity index (χ1) is 6.65. The van der Waals surface area contributed by atoms with Crippen LogP contribution in [-0.4, -0.2) is 5.25 Å². The highest BCUT2D eigenvalue weighted by molar-refractivity contribution is 8.04. The highest BCUT2D eigenvalue weighted by atomic mass is 32.2. The van der Waals surface area contributed by atoms with Crippen molar-refractivity contribution in [2.24, 2.45) is 0 Å². The summed E-state index contributed by atoms with van der Waals surface area (Å²) in [6, 6.07) is 7.88. The van der Waals surface area contributed by atoms with Crippen LogP contribution in [0.2, 0.25) is 0 Å². The van der Waals surface area contributed by atoms with Gasteiger partial charge in [0.15, 0.2) is 0 Å². The summed E-state index contributed by atoms with van der Waals surface area (Å²) in [5, 5.41) is 0.254. The molecule has 1 atom stereocenters. The quantitative estimate of drug-likeness (QED) is 0.467. The summed E-state index contributed by atoms with van der Waals surface area (Å²) >= 11 is 6.09. The SMILES string of the molecule is C/C=C(\Sc1ccccc1N)C(C)S. The molecule has 1 unspecified atom stereocenters. The van der Waals surface area contributed by atoms with E-state index in [0.717, 1.165) is 10.6 Å². The topological polar surface area (TPSA) is 26.0 Å². The molecule has 76 valence electrons. The number of thiol groups is 1. The lowest BCUT2D eigenvalue weighted by Crippen LogP contribution is -1.94. The third kappa shape index (κ3) is 3.00. The van der Waals surface area contributed by atoms with Gasteiger partial charge < -0.3 is 5.73 Å². The number of anilines is 1. The van der Waals surface area contributed by atoms with Crippen LogP contribution in [0.25, 0.3) is 0 Å². The minimum atomic E-state index is 0.254. The van der Waals surface area contributed by atoms with Gasteiger partial charge in [0, 0.05) is 15.8 Å². The molecule has 0 aliphatic carbocycles. The maximum Gasteiger partial charge on any atom is 0.0455 e. The zero-order valence-corrected chi connectivity index (χ0v) is 10.1. The molecule has 1 aromatic rings. The summed E-state index contributed by atoms with van der Waals surface area (Å²) in [7, 11) is 0. The summed E-state index contributed by atoms with van der Waals surface area (Å²) in [5.74, 6) is 0. The summed E-state index contributed by atoms with van der Waals surface area (Å²) in [5.41, 5.74) is 6.68. The van der Waals surface area contributed by atoms with E-state index in [9.17, 15) is 0 Å².